The summed E-state index contributed by atoms with van der Waals surface area (Å²) in [4.78, 5) is 11.9. The van der Waals surface area contributed by atoms with E-state index >= 15 is 0 Å². The van der Waals surface area contributed by atoms with Gasteiger partial charge in [0, 0.05) is 34.8 Å². The van der Waals surface area contributed by atoms with Gasteiger partial charge < -0.3 is 15.0 Å². The summed E-state index contributed by atoms with van der Waals surface area (Å²) in [6, 6.07) is 14.7. The first-order valence-corrected chi connectivity index (χ1v) is 10.7. The number of hydrogen-bond acceptors (Lipinski definition) is 5. The average molecular weight is 451 g/mol. The van der Waals surface area contributed by atoms with Crippen molar-refractivity contribution in [1.29, 1.82) is 0 Å². The highest BCUT2D eigenvalue weighted by molar-refractivity contribution is 9.10. The van der Waals surface area contributed by atoms with Gasteiger partial charge in [-0.3, -0.25) is 4.98 Å². The second kappa shape index (κ2) is 7.43. The number of morpholine rings is 1. The summed E-state index contributed by atoms with van der Waals surface area (Å²) in [5.74, 6) is 0.908. The first-order valence-electron chi connectivity index (χ1n) is 9.94. The van der Waals surface area contributed by atoms with Gasteiger partial charge in [0.05, 0.1) is 23.9 Å². The van der Waals surface area contributed by atoms with Crippen molar-refractivity contribution in [3.8, 4) is 0 Å². The number of nitrogens with zero attached hydrogens (tertiary/aromatic N) is 3. The quantitative estimate of drug-likeness (QED) is 0.612. The third kappa shape index (κ3) is 3.51. The van der Waals surface area contributed by atoms with Crippen LogP contribution in [0.4, 0.5) is 11.4 Å². The van der Waals surface area contributed by atoms with Crippen LogP contribution in [0.1, 0.15) is 18.1 Å². The summed E-state index contributed by atoms with van der Waals surface area (Å²) in [5.41, 5.74) is 5.68. The lowest BCUT2D eigenvalue weighted by molar-refractivity contribution is 0.0188. The molecule has 0 saturated carbocycles. The SMILES string of the molecule is Cc1ccc(N2CC(C)OC(C3=Nc4ccc(Br)cc4CN3)C2)c2cccnc12. The van der Waals surface area contributed by atoms with E-state index < -0.39 is 0 Å². The fourth-order valence-electron chi connectivity index (χ4n) is 4.22. The van der Waals surface area contributed by atoms with Crippen molar-refractivity contribution in [2.24, 2.45) is 4.99 Å². The highest BCUT2D eigenvalue weighted by Gasteiger charge is 2.31. The molecule has 5 rings (SSSR count). The predicted molar refractivity (Wildman–Crippen MR) is 121 cm³/mol. The molecule has 3 heterocycles. The molecule has 1 N–H and O–H groups in total. The van der Waals surface area contributed by atoms with Crippen molar-refractivity contribution >= 4 is 44.0 Å². The average Bonchev–Trinajstić information content (AvgIpc) is 2.73. The van der Waals surface area contributed by atoms with E-state index in [-0.39, 0.29) is 12.2 Å². The number of aryl methyl sites for hydroxylation is 1. The van der Waals surface area contributed by atoms with Gasteiger partial charge in [-0.1, -0.05) is 22.0 Å². The van der Waals surface area contributed by atoms with Gasteiger partial charge in [0.1, 0.15) is 11.9 Å². The molecule has 0 amide bonds. The molecule has 3 aromatic rings. The maximum atomic E-state index is 6.29. The Hall–Kier alpha value is -2.44. The Bertz CT molecular complexity index is 1110. The molecule has 148 valence electrons. The number of nitrogens with one attached hydrogen (secondary N) is 1. The molecule has 2 atom stereocenters. The van der Waals surface area contributed by atoms with Crippen molar-refractivity contribution < 1.29 is 4.74 Å². The van der Waals surface area contributed by atoms with Crippen LogP contribution in [-0.4, -0.2) is 36.1 Å². The molecule has 2 aliphatic heterocycles. The van der Waals surface area contributed by atoms with Gasteiger partial charge >= 0.3 is 0 Å². The number of hydrogen-bond donors (Lipinski definition) is 1. The van der Waals surface area contributed by atoms with E-state index in [0.717, 1.165) is 41.1 Å². The van der Waals surface area contributed by atoms with Crippen LogP contribution in [0.15, 0.2) is 58.1 Å². The molecular weight excluding hydrogens is 428 g/mol. The number of anilines is 1. The Kier molecular flexibility index (Phi) is 4.76. The van der Waals surface area contributed by atoms with E-state index in [4.69, 9.17) is 9.73 Å². The van der Waals surface area contributed by atoms with Crippen molar-refractivity contribution in [2.75, 3.05) is 18.0 Å². The van der Waals surface area contributed by atoms with Crippen LogP contribution in [0, 0.1) is 6.92 Å². The number of ether oxygens (including phenoxy) is 1. The minimum atomic E-state index is -0.0939. The second-order valence-corrected chi connectivity index (χ2v) is 8.68. The molecule has 1 aromatic heterocycles. The van der Waals surface area contributed by atoms with Gasteiger partial charge in [-0.05, 0) is 61.4 Å². The lowest BCUT2D eigenvalue weighted by Gasteiger charge is -2.39. The van der Waals surface area contributed by atoms with E-state index in [2.05, 4.69) is 75.3 Å². The van der Waals surface area contributed by atoms with Crippen molar-refractivity contribution in [3.63, 3.8) is 0 Å². The summed E-state index contributed by atoms with van der Waals surface area (Å²) >= 11 is 3.54. The minimum Gasteiger partial charge on any atom is -0.367 e. The highest BCUT2D eigenvalue weighted by atomic mass is 79.9. The van der Waals surface area contributed by atoms with Crippen molar-refractivity contribution in [1.82, 2.24) is 10.3 Å². The molecule has 0 aliphatic carbocycles. The van der Waals surface area contributed by atoms with Gasteiger partial charge in [0.2, 0.25) is 0 Å². The molecular formula is C23H23BrN4O. The standard InChI is InChI=1S/C23H23BrN4O/c1-14-5-8-20(18-4-3-9-25-22(14)18)28-12-15(2)29-21(13-28)23-26-11-16-10-17(24)6-7-19(16)27-23/h3-10,15,21H,11-13H2,1-2H3,(H,26,27). The van der Waals surface area contributed by atoms with Crippen molar-refractivity contribution in [3.05, 3.63) is 64.3 Å². The van der Waals surface area contributed by atoms with Crippen molar-refractivity contribution in [2.45, 2.75) is 32.6 Å². The van der Waals surface area contributed by atoms with Gasteiger partial charge in [-0.15, -0.1) is 0 Å². The van der Waals surface area contributed by atoms with Gasteiger partial charge in [0.25, 0.3) is 0 Å². The Morgan fingerprint density at radius 2 is 2.07 bits per heavy atom. The fraction of sp³-hybridized carbons (Fsp3) is 0.304. The summed E-state index contributed by atoms with van der Waals surface area (Å²) < 4.78 is 7.37. The second-order valence-electron chi connectivity index (χ2n) is 7.77. The number of aliphatic imine (C=N–C) groups is 1. The van der Waals surface area contributed by atoms with Crippen LogP contribution < -0.4 is 10.2 Å². The van der Waals surface area contributed by atoms with Crippen LogP contribution in [0.3, 0.4) is 0 Å². The predicted octanol–water partition coefficient (Wildman–Crippen LogP) is 4.73. The molecule has 0 radical (unpaired) electrons. The number of fused-ring (bicyclic) bond motifs is 2. The summed E-state index contributed by atoms with van der Waals surface area (Å²) in [6.45, 7) is 6.61. The maximum Gasteiger partial charge on any atom is 0.134 e. The third-order valence-electron chi connectivity index (χ3n) is 5.60. The van der Waals surface area contributed by atoms with Crippen LogP contribution in [0.25, 0.3) is 10.9 Å². The fourth-order valence-corrected chi connectivity index (χ4v) is 4.63. The normalized spacial score (nSPS) is 21.5. The number of halogens is 1. The topological polar surface area (TPSA) is 49.8 Å². The zero-order chi connectivity index (χ0) is 20.0. The zero-order valence-corrected chi connectivity index (χ0v) is 18.1. The Morgan fingerprint density at radius 1 is 1.17 bits per heavy atom. The summed E-state index contributed by atoms with van der Waals surface area (Å²) in [7, 11) is 0. The molecule has 1 fully saturated rings. The molecule has 1 saturated heterocycles. The number of aromatic nitrogens is 1. The Morgan fingerprint density at radius 3 is 2.97 bits per heavy atom. The number of rotatable bonds is 2. The molecule has 5 nitrogen and oxygen atoms in total. The lowest BCUT2D eigenvalue weighted by atomic mass is 10.1. The van der Waals surface area contributed by atoms with E-state index in [1.165, 1.54) is 22.2 Å². The molecule has 6 heteroatoms. The van der Waals surface area contributed by atoms with Crippen LogP contribution in [0.2, 0.25) is 0 Å². The molecule has 0 spiro atoms. The van der Waals surface area contributed by atoms with Crippen LogP contribution >= 0.6 is 15.9 Å². The van der Waals surface area contributed by atoms with Gasteiger partial charge in [-0.25, -0.2) is 4.99 Å². The minimum absolute atomic E-state index is 0.0939. The van der Waals surface area contributed by atoms with Crippen LogP contribution in [0.5, 0.6) is 0 Å². The maximum absolute atomic E-state index is 6.29. The molecule has 29 heavy (non-hydrogen) atoms. The smallest absolute Gasteiger partial charge is 0.134 e. The molecule has 2 aromatic carbocycles. The van der Waals surface area contributed by atoms with E-state index in [9.17, 15) is 0 Å². The first kappa shape index (κ1) is 18.6. The largest absolute Gasteiger partial charge is 0.367 e. The molecule has 0 bridgehead atoms. The van der Waals surface area contributed by atoms with E-state index in [0.29, 0.717) is 0 Å². The van der Waals surface area contributed by atoms with Crippen LogP contribution in [-0.2, 0) is 11.3 Å². The van der Waals surface area contributed by atoms with E-state index in [1.807, 2.05) is 18.3 Å². The highest BCUT2D eigenvalue weighted by Crippen LogP contribution is 2.31. The number of benzene rings is 2. The molecule has 2 unspecified atom stereocenters. The van der Waals surface area contributed by atoms with E-state index in [1.54, 1.807) is 0 Å². The zero-order valence-electron chi connectivity index (χ0n) is 16.5. The first-order chi connectivity index (χ1) is 14.1. The number of pyridine rings is 1. The molecule has 2 aliphatic rings. The Labute approximate surface area is 178 Å². The monoisotopic (exact) mass is 450 g/mol. The summed E-state index contributed by atoms with van der Waals surface area (Å²) in [5, 5.41) is 4.67. The third-order valence-corrected chi connectivity index (χ3v) is 6.09. The number of amidine groups is 1. The summed E-state index contributed by atoms with van der Waals surface area (Å²) in [6.07, 6.45) is 1.88. The Balaban J connectivity index is 1.48. The van der Waals surface area contributed by atoms with Gasteiger partial charge in [0.15, 0.2) is 0 Å². The van der Waals surface area contributed by atoms with Gasteiger partial charge in [-0.2, -0.15) is 0 Å². The lowest BCUT2D eigenvalue weighted by Crippen LogP contribution is -2.53.